The zero-order valence-electron chi connectivity index (χ0n) is 14.4. The van der Waals surface area contributed by atoms with E-state index >= 15 is 0 Å². The molecule has 0 aliphatic carbocycles. The van der Waals surface area contributed by atoms with Gasteiger partial charge in [-0.25, -0.2) is 0 Å². The quantitative estimate of drug-likeness (QED) is 0.847. The minimum absolute atomic E-state index is 0.0217. The van der Waals surface area contributed by atoms with E-state index in [-0.39, 0.29) is 18.6 Å². The highest BCUT2D eigenvalue weighted by Crippen LogP contribution is 2.32. The molecule has 2 aliphatic heterocycles. The highest BCUT2D eigenvalue weighted by molar-refractivity contribution is 5.94. The third-order valence-electron chi connectivity index (χ3n) is 4.73. The van der Waals surface area contributed by atoms with Crippen LogP contribution in [0.25, 0.3) is 0 Å². The fourth-order valence-electron chi connectivity index (χ4n) is 3.26. The van der Waals surface area contributed by atoms with Crippen molar-refractivity contribution in [3.63, 3.8) is 0 Å². The maximum Gasteiger partial charge on any atom is 0.253 e. The molecule has 2 amide bonds. The first-order valence-electron chi connectivity index (χ1n) is 8.71. The zero-order chi connectivity index (χ0) is 17.9. The topological polar surface area (TPSA) is 59.1 Å². The van der Waals surface area contributed by atoms with Crippen molar-refractivity contribution in [2.75, 3.05) is 33.0 Å². The van der Waals surface area contributed by atoms with Gasteiger partial charge in [0.15, 0.2) is 11.5 Å². The lowest BCUT2D eigenvalue weighted by atomic mass is 10.1. The molecule has 2 aromatic rings. The van der Waals surface area contributed by atoms with E-state index in [1.165, 1.54) is 0 Å². The molecule has 0 bridgehead atoms. The molecule has 26 heavy (non-hydrogen) atoms. The Kier molecular flexibility index (Phi) is 4.48. The van der Waals surface area contributed by atoms with Crippen molar-refractivity contribution < 1.29 is 19.1 Å². The second kappa shape index (κ2) is 7.07. The monoisotopic (exact) mass is 352 g/mol. The first-order chi connectivity index (χ1) is 12.7. The van der Waals surface area contributed by atoms with E-state index in [0.717, 1.165) is 5.56 Å². The third-order valence-corrected chi connectivity index (χ3v) is 4.73. The summed E-state index contributed by atoms with van der Waals surface area (Å²) in [4.78, 5) is 28.7. The van der Waals surface area contributed by atoms with E-state index in [4.69, 9.17) is 9.47 Å². The van der Waals surface area contributed by atoms with Crippen LogP contribution in [0.5, 0.6) is 11.5 Å². The first-order valence-corrected chi connectivity index (χ1v) is 8.71. The van der Waals surface area contributed by atoms with E-state index in [1.807, 2.05) is 53.4 Å². The van der Waals surface area contributed by atoms with Gasteiger partial charge in [0, 0.05) is 31.7 Å². The van der Waals surface area contributed by atoms with Crippen LogP contribution in [-0.4, -0.2) is 54.6 Å². The van der Waals surface area contributed by atoms with Crippen molar-refractivity contribution in [1.82, 2.24) is 9.80 Å². The Balaban J connectivity index is 1.33. The van der Waals surface area contributed by atoms with Crippen LogP contribution in [0.1, 0.15) is 15.9 Å². The highest BCUT2D eigenvalue weighted by atomic mass is 16.7. The molecule has 4 rings (SSSR count). The number of amides is 2. The van der Waals surface area contributed by atoms with Crippen LogP contribution in [0, 0.1) is 0 Å². The number of carbonyl (C=O) groups excluding carboxylic acids is 2. The Morgan fingerprint density at radius 3 is 2.31 bits per heavy atom. The minimum atomic E-state index is 0.0217. The van der Waals surface area contributed by atoms with Gasteiger partial charge in [-0.05, 0) is 29.8 Å². The number of ether oxygens (including phenoxy) is 2. The van der Waals surface area contributed by atoms with Crippen molar-refractivity contribution in [3.8, 4) is 11.5 Å². The Labute approximate surface area is 151 Å². The summed E-state index contributed by atoms with van der Waals surface area (Å²) in [6.45, 7) is 2.45. The molecule has 1 fully saturated rings. The number of fused-ring (bicyclic) bond motifs is 1. The van der Waals surface area contributed by atoms with Gasteiger partial charge in [0.2, 0.25) is 12.7 Å². The van der Waals surface area contributed by atoms with Crippen LogP contribution >= 0.6 is 0 Å². The van der Waals surface area contributed by atoms with Crippen LogP contribution in [0.15, 0.2) is 48.5 Å². The van der Waals surface area contributed by atoms with Gasteiger partial charge in [-0.1, -0.05) is 24.3 Å². The minimum Gasteiger partial charge on any atom is -0.454 e. The second-order valence-electron chi connectivity index (χ2n) is 6.40. The molecular formula is C20H20N2O4. The van der Waals surface area contributed by atoms with Gasteiger partial charge in [0.25, 0.3) is 5.91 Å². The number of carbonyl (C=O) groups is 2. The summed E-state index contributed by atoms with van der Waals surface area (Å²) in [6, 6.07) is 14.8. The van der Waals surface area contributed by atoms with Crippen molar-refractivity contribution >= 4 is 11.8 Å². The van der Waals surface area contributed by atoms with E-state index in [0.29, 0.717) is 49.7 Å². The van der Waals surface area contributed by atoms with Gasteiger partial charge in [0.1, 0.15) is 0 Å². The van der Waals surface area contributed by atoms with Gasteiger partial charge in [-0.15, -0.1) is 0 Å². The molecule has 0 unspecified atom stereocenters. The van der Waals surface area contributed by atoms with Crippen LogP contribution in [0.2, 0.25) is 0 Å². The Bertz CT molecular complexity index is 814. The Morgan fingerprint density at radius 1 is 0.846 bits per heavy atom. The predicted octanol–water partition coefficient (Wildman–Crippen LogP) is 1.94. The molecule has 6 nitrogen and oxygen atoms in total. The number of nitrogens with zero attached hydrogens (tertiary/aromatic N) is 2. The molecule has 0 N–H and O–H groups in total. The number of benzene rings is 2. The number of rotatable bonds is 3. The molecule has 6 heteroatoms. The average Bonchev–Trinajstić information content (AvgIpc) is 3.16. The van der Waals surface area contributed by atoms with E-state index in [1.54, 1.807) is 4.90 Å². The Morgan fingerprint density at radius 2 is 1.54 bits per heavy atom. The molecule has 1 saturated heterocycles. The SMILES string of the molecule is O=C(Cc1ccc2c(c1)OCO2)N1CCN(C(=O)c2ccccc2)CC1. The molecule has 0 atom stereocenters. The second-order valence-corrected chi connectivity index (χ2v) is 6.40. The molecule has 0 radical (unpaired) electrons. The summed E-state index contributed by atoms with van der Waals surface area (Å²) in [7, 11) is 0. The molecular weight excluding hydrogens is 332 g/mol. The van der Waals surface area contributed by atoms with Crippen LogP contribution in [0.4, 0.5) is 0 Å². The first kappa shape index (κ1) is 16.4. The zero-order valence-corrected chi connectivity index (χ0v) is 14.4. The Hall–Kier alpha value is -3.02. The van der Waals surface area contributed by atoms with E-state index in [2.05, 4.69) is 0 Å². The molecule has 2 aromatic carbocycles. The highest BCUT2D eigenvalue weighted by Gasteiger charge is 2.25. The summed E-state index contributed by atoms with van der Waals surface area (Å²) in [5.41, 5.74) is 1.59. The molecule has 2 heterocycles. The van der Waals surface area contributed by atoms with Crippen molar-refractivity contribution in [2.24, 2.45) is 0 Å². The normalized spacial score (nSPS) is 15.8. The maximum atomic E-state index is 12.6. The van der Waals surface area contributed by atoms with Crippen molar-refractivity contribution in [1.29, 1.82) is 0 Å². The molecule has 134 valence electrons. The third kappa shape index (κ3) is 3.35. The van der Waals surface area contributed by atoms with Crippen LogP contribution in [0.3, 0.4) is 0 Å². The molecule has 0 aromatic heterocycles. The van der Waals surface area contributed by atoms with Gasteiger partial charge >= 0.3 is 0 Å². The van der Waals surface area contributed by atoms with Gasteiger partial charge in [-0.2, -0.15) is 0 Å². The number of piperazine rings is 1. The van der Waals surface area contributed by atoms with Crippen molar-refractivity contribution in [3.05, 3.63) is 59.7 Å². The lowest BCUT2D eigenvalue weighted by Crippen LogP contribution is -2.51. The predicted molar refractivity (Wildman–Crippen MR) is 95.2 cm³/mol. The summed E-state index contributed by atoms with van der Waals surface area (Å²) >= 11 is 0. The average molecular weight is 352 g/mol. The van der Waals surface area contributed by atoms with Gasteiger partial charge in [0.05, 0.1) is 6.42 Å². The number of hydrogen-bond donors (Lipinski definition) is 0. The van der Waals surface area contributed by atoms with E-state index in [9.17, 15) is 9.59 Å². The summed E-state index contributed by atoms with van der Waals surface area (Å²) in [5, 5.41) is 0. The van der Waals surface area contributed by atoms with Gasteiger partial charge in [-0.3, -0.25) is 9.59 Å². The number of hydrogen-bond acceptors (Lipinski definition) is 4. The maximum absolute atomic E-state index is 12.6. The molecule has 0 spiro atoms. The van der Waals surface area contributed by atoms with Crippen molar-refractivity contribution in [2.45, 2.75) is 6.42 Å². The van der Waals surface area contributed by atoms with Crippen LogP contribution < -0.4 is 9.47 Å². The van der Waals surface area contributed by atoms with E-state index < -0.39 is 0 Å². The fourth-order valence-corrected chi connectivity index (χ4v) is 3.26. The fraction of sp³-hybridized carbons (Fsp3) is 0.300. The molecule has 2 aliphatic rings. The summed E-state index contributed by atoms with van der Waals surface area (Å²) < 4.78 is 10.6. The largest absolute Gasteiger partial charge is 0.454 e. The van der Waals surface area contributed by atoms with Gasteiger partial charge < -0.3 is 19.3 Å². The molecule has 0 saturated carbocycles. The summed E-state index contributed by atoms with van der Waals surface area (Å²) in [5.74, 6) is 1.49. The summed E-state index contributed by atoms with van der Waals surface area (Å²) in [6.07, 6.45) is 0.323. The lowest BCUT2D eigenvalue weighted by Gasteiger charge is -2.35. The smallest absolute Gasteiger partial charge is 0.253 e. The lowest BCUT2D eigenvalue weighted by molar-refractivity contribution is -0.131. The van der Waals surface area contributed by atoms with Crippen LogP contribution in [-0.2, 0) is 11.2 Å². The standard InChI is InChI=1S/C20H20N2O4/c23-19(13-15-6-7-17-18(12-15)26-14-25-17)21-8-10-22(11-9-21)20(24)16-4-2-1-3-5-16/h1-7,12H,8-11,13-14H2.